The number of benzene rings is 1. The lowest BCUT2D eigenvalue weighted by Crippen LogP contribution is -2.06. The van der Waals surface area contributed by atoms with E-state index in [1.165, 1.54) is 0 Å². The molecule has 0 saturated heterocycles. The van der Waals surface area contributed by atoms with Crippen LogP contribution in [0.1, 0.15) is 13.8 Å². The third-order valence-electron chi connectivity index (χ3n) is 2.05. The minimum atomic E-state index is 0.132. The van der Waals surface area contributed by atoms with Crippen LogP contribution in [0.5, 0.6) is 5.75 Å². The van der Waals surface area contributed by atoms with Crippen molar-refractivity contribution in [2.24, 2.45) is 0 Å². The van der Waals surface area contributed by atoms with Crippen LogP contribution in [0.3, 0.4) is 0 Å². The van der Waals surface area contributed by atoms with Crippen LogP contribution in [-0.4, -0.2) is 15.9 Å². The van der Waals surface area contributed by atoms with Crippen molar-refractivity contribution in [3.63, 3.8) is 0 Å². The maximum atomic E-state index is 5.82. The Balaban J connectivity index is 2.36. The van der Waals surface area contributed by atoms with Gasteiger partial charge in [-0.05, 0) is 26.0 Å². The minimum Gasteiger partial charge on any atom is -0.491 e. The molecule has 1 aromatic heterocycles. The van der Waals surface area contributed by atoms with E-state index in [-0.39, 0.29) is 6.10 Å². The van der Waals surface area contributed by atoms with Crippen LogP contribution >= 0.6 is 0 Å². The molecule has 0 unspecified atom stereocenters. The molecule has 0 aliphatic carbocycles. The number of ether oxygens (including phenoxy) is 1. The average molecular weight is 217 g/mol. The third-order valence-corrected chi connectivity index (χ3v) is 2.05. The Labute approximate surface area is 94.6 Å². The molecule has 0 aliphatic rings. The number of nitrogens with zero attached hydrogens (tertiary/aromatic N) is 2. The van der Waals surface area contributed by atoms with Crippen molar-refractivity contribution in [2.45, 2.75) is 20.0 Å². The summed E-state index contributed by atoms with van der Waals surface area (Å²) in [5, 5.41) is 4.15. The van der Waals surface area contributed by atoms with E-state index in [0.717, 1.165) is 11.4 Å². The molecule has 84 valence electrons. The molecule has 0 fully saturated rings. The zero-order chi connectivity index (χ0) is 11.5. The van der Waals surface area contributed by atoms with Crippen LogP contribution in [0.4, 0.5) is 5.69 Å². The summed E-state index contributed by atoms with van der Waals surface area (Å²) in [7, 11) is 0. The second-order valence-electron chi connectivity index (χ2n) is 3.88. The highest BCUT2D eigenvalue weighted by molar-refractivity contribution is 5.53. The maximum absolute atomic E-state index is 5.82. The second kappa shape index (κ2) is 4.26. The van der Waals surface area contributed by atoms with E-state index in [9.17, 15) is 0 Å². The Morgan fingerprint density at radius 3 is 2.75 bits per heavy atom. The number of hydrogen-bond donors (Lipinski definition) is 1. The van der Waals surface area contributed by atoms with Crippen LogP contribution in [-0.2, 0) is 0 Å². The summed E-state index contributed by atoms with van der Waals surface area (Å²) in [5.41, 5.74) is 7.39. The zero-order valence-corrected chi connectivity index (χ0v) is 9.42. The highest BCUT2D eigenvalue weighted by Crippen LogP contribution is 2.22. The molecule has 4 nitrogen and oxygen atoms in total. The summed E-state index contributed by atoms with van der Waals surface area (Å²) < 4.78 is 7.37. The normalized spacial score (nSPS) is 10.7. The smallest absolute Gasteiger partial charge is 0.123 e. The number of nitrogens with two attached hydrogens (primary N) is 1. The van der Waals surface area contributed by atoms with Gasteiger partial charge >= 0.3 is 0 Å². The highest BCUT2D eigenvalue weighted by atomic mass is 16.5. The van der Waals surface area contributed by atoms with Gasteiger partial charge in [0.2, 0.25) is 0 Å². The summed E-state index contributed by atoms with van der Waals surface area (Å²) in [6.07, 6.45) is 3.73. The van der Waals surface area contributed by atoms with Gasteiger partial charge in [0.05, 0.1) is 11.8 Å². The SMILES string of the molecule is CC(C)Oc1cc(N)cc(-n2cccn2)c1. The molecule has 0 spiro atoms. The number of rotatable bonds is 3. The van der Waals surface area contributed by atoms with E-state index < -0.39 is 0 Å². The first kappa shape index (κ1) is 10.5. The summed E-state index contributed by atoms with van der Waals surface area (Å²) in [5.74, 6) is 0.764. The first-order chi connectivity index (χ1) is 7.65. The summed E-state index contributed by atoms with van der Waals surface area (Å²) >= 11 is 0. The number of hydrogen-bond acceptors (Lipinski definition) is 3. The second-order valence-corrected chi connectivity index (χ2v) is 3.88. The van der Waals surface area contributed by atoms with Gasteiger partial charge < -0.3 is 10.5 Å². The van der Waals surface area contributed by atoms with Crippen LogP contribution < -0.4 is 10.5 Å². The zero-order valence-electron chi connectivity index (χ0n) is 9.42. The van der Waals surface area contributed by atoms with Gasteiger partial charge in [0, 0.05) is 30.2 Å². The van der Waals surface area contributed by atoms with E-state index in [2.05, 4.69) is 5.10 Å². The Kier molecular flexibility index (Phi) is 2.81. The molecule has 0 radical (unpaired) electrons. The number of aromatic nitrogens is 2. The van der Waals surface area contributed by atoms with Crippen LogP contribution in [0.2, 0.25) is 0 Å². The summed E-state index contributed by atoms with van der Waals surface area (Å²) in [6, 6.07) is 7.46. The summed E-state index contributed by atoms with van der Waals surface area (Å²) in [4.78, 5) is 0. The molecule has 0 bridgehead atoms. The van der Waals surface area contributed by atoms with Crippen molar-refractivity contribution in [1.82, 2.24) is 9.78 Å². The molecule has 2 aromatic rings. The fourth-order valence-corrected chi connectivity index (χ4v) is 1.50. The van der Waals surface area contributed by atoms with Crippen molar-refractivity contribution in [3.05, 3.63) is 36.7 Å². The third kappa shape index (κ3) is 2.34. The molecule has 0 aliphatic heterocycles. The van der Waals surface area contributed by atoms with Crippen molar-refractivity contribution in [3.8, 4) is 11.4 Å². The molecule has 16 heavy (non-hydrogen) atoms. The van der Waals surface area contributed by atoms with Gasteiger partial charge in [-0.2, -0.15) is 5.10 Å². The topological polar surface area (TPSA) is 53.1 Å². The molecule has 4 heteroatoms. The first-order valence-electron chi connectivity index (χ1n) is 5.22. The fraction of sp³-hybridized carbons (Fsp3) is 0.250. The van der Waals surface area contributed by atoms with Gasteiger partial charge in [-0.3, -0.25) is 0 Å². The standard InChI is InChI=1S/C12H15N3O/c1-9(2)16-12-7-10(13)6-11(8-12)15-5-3-4-14-15/h3-9H,13H2,1-2H3. The van der Waals surface area contributed by atoms with Crippen molar-refractivity contribution in [1.29, 1.82) is 0 Å². The average Bonchev–Trinajstić information content (AvgIpc) is 2.67. The highest BCUT2D eigenvalue weighted by Gasteiger charge is 2.03. The largest absolute Gasteiger partial charge is 0.491 e. The molecular weight excluding hydrogens is 202 g/mol. The Hall–Kier alpha value is -1.97. The van der Waals surface area contributed by atoms with E-state index >= 15 is 0 Å². The number of anilines is 1. The Morgan fingerprint density at radius 1 is 1.31 bits per heavy atom. The van der Waals surface area contributed by atoms with Crippen molar-refractivity contribution >= 4 is 5.69 Å². The van der Waals surface area contributed by atoms with E-state index in [0.29, 0.717) is 5.69 Å². The maximum Gasteiger partial charge on any atom is 0.123 e. The monoisotopic (exact) mass is 217 g/mol. The lowest BCUT2D eigenvalue weighted by atomic mass is 10.2. The Bertz CT molecular complexity index is 463. The van der Waals surface area contributed by atoms with Crippen LogP contribution in [0.25, 0.3) is 5.69 Å². The predicted octanol–water partition coefficient (Wildman–Crippen LogP) is 2.24. The van der Waals surface area contributed by atoms with E-state index in [1.54, 1.807) is 10.9 Å². The van der Waals surface area contributed by atoms with Crippen molar-refractivity contribution in [2.75, 3.05) is 5.73 Å². The quantitative estimate of drug-likeness (QED) is 0.802. The van der Waals surface area contributed by atoms with Gasteiger partial charge in [0.15, 0.2) is 0 Å². The van der Waals surface area contributed by atoms with E-state index in [4.69, 9.17) is 10.5 Å². The lowest BCUT2D eigenvalue weighted by Gasteiger charge is -2.12. The van der Waals surface area contributed by atoms with Crippen molar-refractivity contribution < 1.29 is 4.74 Å². The molecular formula is C12H15N3O. The van der Waals surface area contributed by atoms with E-state index in [1.807, 2.05) is 44.3 Å². The Morgan fingerprint density at radius 2 is 2.12 bits per heavy atom. The first-order valence-corrected chi connectivity index (χ1v) is 5.22. The lowest BCUT2D eigenvalue weighted by molar-refractivity contribution is 0.242. The van der Waals surface area contributed by atoms with Gasteiger partial charge in [0.25, 0.3) is 0 Å². The van der Waals surface area contributed by atoms with Crippen LogP contribution in [0.15, 0.2) is 36.7 Å². The van der Waals surface area contributed by atoms with Gasteiger partial charge in [0.1, 0.15) is 5.75 Å². The molecule has 0 saturated carbocycles. The van der Waals surface area contributed by atoms with Crippen LogP contribution in [0, 0.1) is 0 Å². The molecule has 1 aromatic carbocycles. The van der Waals surface area contributed by atoms with Gasteiger partial charge in [-0.15, -0.1) is 0 Å². The minimum absolute atomic E-state index is 0.132. The summed E-state index contributed by atoms with van der Waals surface area (Å²) in [6.45, 7) is 3.97. The molecule has 0 amide bonds. The van der Waals surface area contributed by atoms with Gasteiger partial charge in [-0.25, -0.2) is 4.68 Å². The molecule has 2 rings (SSSR count). The van der Waals surface area contributed by atoms with Gasteiger partial charge in [-0.1, -0.05) is 0 Å². The molecule has 1 heterocycles. The fourth-order valence-electron chi connectivity index (χ4n) is 1.50. The molecule has 0 atom stereocenters. The molecule has 2 N–H and O–H groups in total. The predicted molar refractivity (Wildman–Crippen MR) is 63.7 cm³/mol. The number of nitrogen functional groups attached to an aromatic ring is 1.